The van der Waals surface area contributed by atoms with Crippen molar-refractivity contribution in [2.45, 2.75) is 27.7 Å². The lowest BCUT2D eigenvalue weighted by atomic mass is 9.98. The number of aryl methyl sites for hydroxylation is 2. The van der Waals surface area contributed by atoms with Crippen molar-refractivity contribution in [1.82, 2.24) is 0 Å². The summed E-state index contributed by atoms with van der Waals surface area (Å²) in [6, 6.07) is 13.8. The number of nitrogens with zero attached hydrogens (tertiary/aromatic N) is 1. The minimum atomic E-state index is -0.530. The summed E-state index contributed by atoms with van der Waals surface area (Å²) in [5, 5.41) is 1.03. The summed E-state index contributed by atoms with van der Waals surface area (Å²) < 4.78 is 0. The van der Waals surface area contributed by atoms with Crippen LogP contribution in [0.2, 0.25) is 0 Å². The third-order valence-electron chi connectivity index (χ3n) is 3.38. The summed E-state index contributed by atoms with van der Waals surface area (Å²) in [5.74, 6) is -0.875. The summed E-state index contributed by atoms with van der Waals surface area (Å²) in [6.07, 6.45) is 0. The van der Waals surface area contributed by atoms with Crippen molar-refractivity contribution < 1.29 is 14.4 Å². The molecule has 0 saturated heterocycles. The van der Waals surface area contributed by atoms with Gasteiger partial charge in [0.25, 0.3) is 5.91 Å². The largest absolute Gasteiger partial charge is 0.334 e. The Labute approximate surface area is 130 Å². The number of hydrogen-bond acceptors (Lipinski definition) is 3. The molecule has 0 radical (unpaired) electrons. The van der Waals surface area contributed by atoms with E-state index in [1.165, 1.54) is 19.4 Å². The SMILES string of the molecule is CC(=O)ON(C(C)=O)c1ccc(-c2ccccc2C)cc1C. The molecule has 0 saturated carbocycles. The fraction of sp³-hybridized carbons (Fsp3) is 0.222. The molecule has 2 aromatic carbocycles. The molecule has 0 spiro atoms. The van der Waals surface area contributed by atoms with Crippen LogP contribution in [0.3, 0.4) is 0 Å². The van der Waals surface area contributed by atoms with Gasteiger partial charge in [0.1, 0.15) is 0 Å². The van der Waals surface area contributed by atoms with Crippen molar-refractivity contribution >= 4 is 17.6 Å². The molecule has 0 unspecified atom stereocenters. The number of anilines is 1. The highest BCUT2D eigenvalue weighted by atomic mass is 16.7. The zero-order chi connectivity index (χ0) is 16.3. The van der Waals surface area contributed by atoms with Gasteiger partial charge in [-0.15, -0.1) is 5.06 Å². The molecule has 114 valence electrons. The number of rotatable bonds is 2. The van der Waals surface area contributed by atoms with Crippen LogP contribution in [-0.2, 0) is 14.4 Å². The topological polar surface area (TPSA) is 46.6 Å². The number of carbonyl (C=O) groups is 2. The normalized spacial score (nSPS) is 10.2. The number of benzene rings is 2. The molecule has 4 heteroatoms. The lowest BCUT2D eigenvalue weighted by molar-refractivity contribution is -0.147. The average Bonchev–Trinajstić information content (AvgIpc) is 2.45. The van der Waals surface area contributed by atoms with Gasteiger partial charge in [-0.2, -0.15) is 0 Å². The van der Waals surface area contributed by atoms with Crippen LogP contribution in [0.5, 0.6) is 0 Å². The molecular weight excluding hydrogens is 278 g/mol. The van der Waals surface area contributed by atoms with E-state index >= 15 is 0 Å². The molecule has 0 atom stereocenters. The van der Waals surface area contributed by atoms with Crippen LogP contribution in [-0.4, -0.2) is 11.9 Å². The molecule has 0 heterocycles. The van der Waals surface area contributed by atoms with Crippen LogP contribution in [0.15, 0.2) is 42.5 Å². The number of hydroxylamine groups is 1. The van der Waals surface area contributed by atoms with E-state index in [0.29, 0.717) is 5.69 Å². The molecule has 1 amide bonds. The molecule has 0 aromatic heterocycles. The highest BCUT2D eigenvalue weighted by molar-refractivity contribution is 5.92. The van der Waals surface area contributed by atoms with Crippen molar-refractivity contribution in [3.8, 4) is 11.1 Å². The molecule has 0 aliphatic carbocycles. The molecule has 4 nitrogen and oxygen atoms in total. The zero-order valence-electron chi connectivity index (χ0n) is 13.2. The van der Waals surface area contributed by atoms with Crippen LogP contribution in [0.25, 0.3) is 11.1 Å². The van der Waals surface area contributed by atoms with Crippen LogP contribution in [0, 0.1) is 13.8 Å². The molecular formula is C18H19NO3. The van der Waals surface area contributed by atoms with Gasteiger partial charge in [0, 0.05) is 13.8 Å². The van der Waals surface area contributed by atoms with Gasteiger partial charge in [0.15, 0.2) is 0 Å². The zero-order valence-corrected chi connectivity index (χ0v) is 13.2. The lowest BCUT2D eigenvalue weighted by Gasteiger charge is -2.21. The van der Waals surface area contributed by atoms with Gasteiger partial charge in [0.2, 0.25) is 0 Å². The monoisotopic (exact) mass is 297 g/mol. The van der Waals surface area contributed by atoms with Crippen LogP contribution in [0.1, 0.15) is 25.0 Å². The van der Waals surface area contributed by atoms with E-state index in [9.17, 15) is 9.59 Å². The predicted octanol–water partition coefficient (Wildman–Crippen LogP) is 3.80. The highest BCUT2D eigenvalue weighted by Crippen LogP contribution is 2.29. The Morgan fingerprint density at radius 2 is 1.64 bits per heavy atom. The second kappa shape index (κ2) is 6.43. The highest BCUT2D eigenvalue weighted by Gasteiger charge is 2.18. The van der Waals surface area contributed by atoms with Gasteiger partial charge in [-0.3, -0.25) is 4.79 Å². The van der Waals surface area contributed by atoms with Gasteiger partial charge in [-0.1, -0.05) is 30.3 Å². The fourth-order valence-corrected chi connectivity index (χ4v) is 2.36. The fourth-order valence-electron chi connectivity index (χ4n) is 2.36. The van der Waals surface area contributed by atoms with Crippen LogP contribution >= 0.6 is 0 Å². The Morgan fingerprint density at radius 1 is 0.955 bits per heavy atom. The van der Waals surface area contributed by atoms with Crippen molar-refractivity contribution in [1.29, 1.82) is 0 Å². The Hall–Kier alpha value is -2.62. The van der Waals surface area contributed by atoms with Crippen molar-refractivity contribution in [3.05, 3.63) is 53.6 Å². The van der Waals surface area contributed by atoms with E-state index in [2.05, 4.69) is 19.1 Å². The summed E-state index contributed by atoms with van der Waals surface area (Å²) >= 11 is 0. The maximum atomic E-state index is 11.7. The van der Waals surface area contributed by atoms with Crippen LogP contribution < -0.4 is 5.06 Å². The van der Waals surface area contributed by atoms with E-state index < -0.39 is 5.97 Å². The summed E-state index contributed by atoms with van der Waals surface area (Å²) in [7, 11) is 0. The molecule has 2 aromatic rings. The molecule has 2 rings (SSSR count). The first-order valence-corrected chi connectivity index (χ1v) is 7.06. The van der Waals surface area contributed by atoms with Gasteiger partial charge in [0.05, 0.1) is 5.69 Å². The summed E-state index contributed by atoms with van der Waals surface area (Å²) in [4.78, 5) is 27.8. The second-order valence-corrected chi connectivity index (χ2v) is 5.21. The van der Waals surface area contributed by atoms with Crippen molar-refractivity contribution in [2.24, 2.45) is 0 Å². The standard InChI is InChI=1S/C18H19NO3/c1-12-7-5-6-8-17(12)16-9-10-18(13(2)11-16)19(14(3)20)22-15(4)21/h5-11H,1-4H3. The average molecular weight is 297 g/mol. The molecule has 0 bridgehead atoms. The molecule has 0 fully saturated rings. The first kappa shape index (κ1) is 15.8. The first-order chi connectivity index (χ1) is 10.4. The van der Waals surface area contributed by atoms with Crippen LogP contribution in [0.4, 0.5) is 5.69 Å². The quantitative estimate of drug-likeness (QED) is 0.792. The minimum absolute atomic E-state index is 0.345. The first-order valence-electron chi connectivity index (χ1n) is 7.06. The third kappa shape index (κ3) is 3.34. The Kier molecular flexibility index (Phi) is 4.61. The molecule has 22 heavy (non-hydrogen) atoms. The molecule has 0 aliphatic heterocycles. The number of hydrogen-bond donors (Lipinski definition) is 0. The molecule has 0 aliphatic rings. The van der Waals surface area contributed by atoms with Crippen molar-refractivity contribution in [3.63, 3.8) is 0 Å². The minimum Gasteiger partial charge on any atom is -0.334 e. The number of amides is 1. The van der Waals surface area contributed by atoms with E-state index in [0.717, 1.165) is 21.8 Å². The summed E-state index contributed by atoms with van der Waals surface area (Å²) in [6.45, 7) is 6.57. The van der Waals surface area contributed by atoms with Gasteiger partial charge in [-0.05, 0) is 48.2 Å². The van der Waals surface area contributed by atoms with Crippen molar-refractivity contribution in [2.75, 3.05) is 5.06 Å². The predicted molar refractivity (Wildman–Crippen MR) is 86.3 cm³/mol. The summed E-state index contributed by atoms with van der Waals surface area (Å²) in [5.41, 5.74) is 4.81. The van der Waals surface area contributed by atoms with Gasteiger partial charge in [-0.25, -0.2) is 4.79 Å². The molecule has 0 N–H and O–H groups in total. The number of carbonyl (C=O) groups excluding carboxylic acids is 2. The van der Waals surface area contributed by atoms with E-state index in [1.54, 1.807) is 6.07 Å². The third-order valence-corrected chi connectivity index (χ3v) is 3.38. The smallest absolute Gasteiger partial charge is 0.330 e. The second-order valence-electron chi connectivity index (χ2n) is 5.21. The maximum Gasteiger partial charge on any atom is 0.330 e. The Morgan fingerprint density at radius 3 is 2.18 bits per heavy atom. The van der Waals surface area contributed by atoms with E-state index in [4.69, 9.17) is 4.84 Å². The Bertz CT molecular complexity index is 722. The van der Waals surface area contributed by atoms with E-state index in [1.807, 2.05) is 31.2 Å². The maximum absolute atomic E-state index is 11.7. The van der Waals surface area contributed by atoms with Gasteiger partial charge >= 0.3 is 5.97 Å². The Balaban J connectivity index is 2.43. The van der Waals surface area contributed by atoms with Gasteiger partial charge < -0.3 is 4.84 Å². The lowest BCUT2D eigenvalue weighted by Crippen LogP contribution is -2.31. The van der Waals surface area contributed by atoms with E-state index in [-0.39, 0.29) is 5.91 Å².